The molecule has 2 aromatic carbocycles. The number of likely N-dealkylation sites (tertiary alicyclic amines) is 1. The number of rotatable bonds is 7. The maximum absolute atomic E-state index is 13.3. The number of carbonyl (C=O) groups is 1. The van der Waals surface area contributed by atoms with E-state index in [9.17, 15) is 4.79 Å². The molecule has 2 atom stereocenters. The van der Waals surface area contributed by atoms with Gasteiger partial charge in [0.25, 0.3) is 0 Å². The summed E-state index contributed by atoms with van der Waals surface area (Å²) in [7, 11) is 1.79. The number of aryl methyl sites for hydroxylation is 2. The Morgan fingerprint density at radius 1 is 1.14 bits per heavy atom. The number of anilines is 1. The Balaban J connectivity index is 0.00000141. The van der Waals surface area contributed by atoms with Gasteiger partial charge >= 0.3 is 0 Å². The van der Waals surface area contributed by atoms with Crippen LogP contribution in [0.4, 0.5) is 5.13 Å². The minimum atomic E-state index is -0.413. The summed E-state index contributed by atoms with van der Waals surface area (Å²) in [4.78, 5) is 21.5. The van der Waals surface area contributed by atoms with E-state index in [1.807, 2.05) is 26.1 Å². The predicted octanol–water partition coefficient (Wildman–Crippen LogP) is 6.27. The highest BCUT2D eigenvalue weighted by Crippen LogP contribution is 2.49. The Morgan fingerprint density at radius 2 is 1.89 bits per heavy atom. The van der Waals surface area contributed by atoms with Crippen LogP contribution < -0.4 is 5.32 Å². The van der Waals surface area contributed by atoms with Gasteiger partial charge in [0, 0.05) is 31.3 Å². The van der Waals surface area contributed by atoms with E-state index in [0.29, 0.717) is 5.13 Å². The second-order valence-electron chi connectivity index (χ2n) is 9.36. The fraction of sp³-hybridized carbons (Fsp3) is 0.448. The second kappa shape index (κ2) is 11.0. The SMILES string of the molecule is CC.CO[C@@H]1CCN([C@H](c2ccccc2)c2cnc(NC(=O)C3(c4ccc(C)c(C)c4)CC3)s2)C1. The topological polar surface area (TPSA) is 54.5 Å². The van der Waals surface area contributed by atoms with Gasteiger partial charge in [-0.3, -0.25) is 9.69 Å². The number of benzene rings is 2. The Morgan fingerprint density at radius 3 is 2.51 bits per heavy atom. The van der Waals surface area contributed by atoms with Gasteiger partial charge in [0.1, 0.15) is 0 Å². The number of hydrogen-bond acceptors (Lipinski definition) is 5. The van der Waals surface area contributed by atoms with Crippen molar-refractivity contribution in [1.82, 2.24) is 9.88 Å². The molecule has 35 heavy (non-hydrogen) atoms. The molecule has 186 valence electrons. The van der Waals surface area contributed by atoms with Gasteiger partial charge in [-0.25, -0.2) is 4.98 Å². The van der Waals surface area contributed by atoms with Crippen molar-refractivity contribution in [2.45, 2.75) is 64.5 Å². The van der Waals surface area contributed by atoms with Crippen molar-refractivity contribution in [3.05, 3.63) is 81.9 Å². The van der Waals surface area contributed by atoms with Crippen LogP contribution in [-0.2, 0) is 14.9 Å². The first-order valence-electron chi connectivity index (χ1n) is 12.7. The van der Waals surface area contributed by atoms with Gasteiger partial charge in [0.2, 0.25) is 5.91 Å². The molecule has 1 amide bonds. The lowest BCUT2D eigenvalue weighted by Crippen LogP contribution is -2.28. The maximum Gasteiger partial charge on any atom is 0.236 e. The number of amides is 1. The van der Waals surface area contributed by atoms with E-state index in [2.05, 4.69) is 71.5 Å². The highest BCUT2D eigenvalue weighted by Gasteiger charge is 2.51. The van der Waals surface area contributed by atoms with E-state index in [4.69, 9.17) is 4.74 Å². The Labute approximate surface area is 213 Å². The molecule has 3 aromatic rings. The van der Waals surface area contributed by atoms with Crippen LogP contribution in [0.15, 0.2) is 54.7 Å². The largest absolute Gasteiger partial charge is 0.380 e. The van der Waals surface area contributed by atoms with Crippen LogP contribution in [0.1, 0.15) is 66.3 Å². The Kier molecular flexibility index (Phi) is 8.05. The molecule has 0 radical (unpaired) electrons. The highest BCUT2D eigenvalue weighted by atomic mass is 32.1. The summed E-state index contributed by atoms with van der Waals surface area (Å²) in [6.45, 7) is 10.1. The lowest BCUT2D eigenvalue weighted by molar-refractivity contribution is -0.118. The molecular formula is C29H37N3O2S. The molecule has 0 bridgehead atoms. The standard InChI is InChI=1S/C27H31N3O2S.C2H6/c1-18-9-10-21(15-19(18)2)27(12-13-27)25(31)29-26-28-16-23(33-26)24(20-7-5-4-6-8-20)30-14-11-22(17-30)32-3;1-2/h4-10,15-16,22,24H,11-14,17H2,1-3H3,(H,28,29,31);1-2H3/t22-,24-;/m1./s1. The smallest absolute Gasteiger partial charge is 0.236 e. The van der Waals surface area contributed by atoms with Crippen molar-refractivity contribution < 1.29 is 9.53 Å². The number of hydrogen-bond donors (Lipinski definition) is 1. The molecule has 1 aromatic heterocycles. The van der Waals surface area contributed by atoms with Crippen LogP contribution in [0.5, 0.6) is 0 Å². The monoisotopic (exact) mass is 491 g/mol. The maximum atomic E-state index is 13.3. The molecule has 2 aliphatic rings. The van der Waals surface area contributed by atoms with Gasteiger partial charge in [-0.15, -0.1) is 0 Å². The molecule has 0 unspecified atom stereocenters. The van der Waals surface area contributed by atoms with Crippen LogP contribution in [0.3, 0.4) is 0 Å². The highest BCUT2D eigenvalue weighted by molar-refractivity contribution is 7.15. The molecule has 5 nitrogen and oxygen atoms in total. The number of aromatic nitrogens is 1. The Hall–Kier alpha value is -2.54. The van der Waals surface area contributed by atoms with Crippen LogP contribution in [0.25, 0.3) is 0 Å². The lowest BCUT2D eigenvalue weighted by atomic mass is 9.92. The number of nitrogens with zero attached hydrogens (tertiary/aromatic N) is 2. The fourth-order valence-electron chi connectivity index (χ4n) is 4.87. The van der Waals surface area contributed by atoms with E-state index in [1.54, 1.807) is 18.4 Å². The summed E-state index contributed by atoms with van der Waals surface area (Å²) < 4.78 is 5.61. The van der Waals surface area contributed by atoms with Gasteiger partial charge < -0.3 is 10.1 Å². The second-order valence-corrected chi connectivity index (χ2v) is 10.4. The van der Waals surface area contributed by atoms with E-state index < -0.39 is 5.41 Å². The minimum absolute atomic E-state index is 0.0588. The number of methoxy groups -OCH3 is 1. The van der Waals surface area contributed by atoms with Crippen molar-refractivity contribution in [3.8, 4) is 0 Å². The molecular weight excluding hydrogens is 454 g/mol. The molecule has 1 saturated carbocycles. The average molecular weight is 492 g/mol. The number of thiazole rings is 1. The predicted molar refractivity (Wildman–Crippen MR) is 144 cm³/mol. The molecule has 2 heterocycles. The van der Waals surface area contributed by atoms with E-state index in [-0.39, 0.29) is 18.1 Å². The minimum Gasteiger partial charge on any atom is -0.380 e. The van der Waals surface area contributed by atoms with Gasteiger partial charge in [0.05, 0.1) is 17.6 Å². The summed E-state index contributed by atoms with van der Waals surface area (Å²) in [6.07, 6.45) is 4.99. The third-order valence-corrected chi connectivity index (χ3v) is 8.21. The summed E-state index contributed by atoms with van der Waals surface area (Å²) in [6, 6.07) is 17.0. The van der Waals surface area contributed by atoms with E-state index >= 15 is 0 Å². The van der Waals surface area contributed by atoms with Crippen LogP contribution in [0, 0.1) is 13.8 Å². The third kappa shape index (κ3) is 5.35. The van der Waals surface area contributed by atoms with E-state index in [0.717, 1.165) is 42.8 Å². The summed E-state index contributed by atoms with van der Waals surface area (Å²) in [5, 5.41) is 3.81. The molecule has 6 heteroatoms. The first kappa shape index (κ1) is 25.5. The van der Waals surface area contributed by atoms with Gasteiger partial charge in [-0.1, -0.05) is 73.7 Å². The number of carbonyl (C=O) groups excluding carboxylic acids is 1. The first-order chi connectivity index (χ1) is 17.0. The molecule has 1 aliphatic carbocycles. The van der Waals surface area contributed by atoms with Crippen molar-refractivity contribution in [3.63, 3.8) is 0 Å². The summed E-state index contributed by atoms with van der Waals surface area (Å²) in [5.74, 6) is 0.0588. The van der Waals surface area contributed by atoms with Gasteiger partial charge in [0.15, 0.2) is 5.13 Å². The van der Waals surface area contributed by atoms with Crippen LogP contribution in [0.2, 0.25) is 0 Å². The van der Waals surface area contributed by atoms with Crippen molar-refractivity contribution in [1.29, 1.82) is 0 Å². The Bertz CT molecular complexity index is 1140. The van der Waals surface area contributed by atoms with Crippen LogP contribution in [-0.4, -0.2) is 42.1 Å². The molecule has 1 saturated heterocycles. The molecule has 5 rings (SSSR count). The lowest BCUT2D eigenvalue weighted by Gasteiger charge is -2.27. The van der Waals surface area contributed by atoms with Crippen molar-refractivity contribution >= 4 is 22.4 Å². The zero-order valence-electron chi connectivity index (χ0n) is 21.5. The van der Waals surface area contributed by atoms with Crippen molar-refractivity contribution in [2.75, 3.05) is 25.5 Å². The number of ether oxygens (including phenoxy) is 1. The zero-order valence-corrected chi connectivity index (χ0v) is 22.3. The number of nitrogens with one attached hydrogen (secondary N) is 1. The molecule has 1 aliphatic heterocycles. The van der Waals surface area contributed by atoms with Gasteiger partial charge in [-0.05, 0) is 55.4 Å². The fourth-order valence-corrected chi connectivity index (χ4v) is 5.84. The quantitative estimate of drug-likeness (QED) is 0.423. The molecule has 1 N–H and O–H groups in total. The van der Waals surface area contributed by atoms with Gasteiger partial charge in [-0.2, -0.15) is 0 Å². The molecule has 0 spiro atoms. The first-order valence-corrected chi connectivity index (χ1v) is 13.5. The van der Waals surface area contributed by atoms with Crippen LogP contribution >= 0.6 is 11.3 Å². The summed E-state index contributed by atoms with van der Waals surface area (Å²) in [5.41, 5.74) is 4.43. The average Bonchev–Trinajstić information content (AvgIpc) is 3.36. The molecule has 2 fully saturated rings. The zero-order chi connectivity index (χ0) is 25.0. The third-order valence-electron chi connectivity index (χ3n) is 7.25. The van der Waals surface area contributed by atoms with Crippen molar-refractivity contribution in [2.24, 2.45) is 0 Å². The summed E-state index contributed by atoms with van der Waals surface area (Å²) >= 11 is 1.58. The van der Waals surface area contributed by atoms with E-state index in [1.165, 1.54) is 16.7 Å². The normalized spacial score (nSPS) is 19.5.